The van der Waals surface area contributed by atoms with E-state index in [1.807, 2.05) is 0 Å². The van der Waals surface area contributed by atoms with Crippen molar-refractivity contribution in [1.29, 1.82) is 0 Å². The van der Waals surface area contributed by atoms with Gasteiger partial charge in [-0.3, -0.25) is 4.79 Å². The van der Waals surface area contributed by atoms with Crippen molar-refractivity contribution in [3.8, 4) is 5.75 Å². The lowest BCUT2D eigenvalue weighted by atomic mass is 10.3. The first kappa shape index (κ1) is 14.5. The highest BCUT2D eigenvalue weighted by molar-refractivity contribution is 5.92. The molecule has 0 aliphatic carbocycles. The number of ether oxygens (including phenoxy) is 2. The molecule has 8 heteroatoms. The van der Waals surface area contributed by atoms with Gasteiger partial charge < -0.3 is 14.8 Å². The minimum Gasteiger partial charge on any atom is -0.495 e. The Morgan fingerprint density at radius 1 is 1.29 bits per heavy atom. The SMILES string of the molecule is COC(=O)c1ncn(CC(=O)Nc2ccccc2OC)n1. The number of anilines is 1. The molecule has 0 atom stereocenters. The molecule has 2 aromatic rings. The highest BCUT2D eigenvalue weighted by Gasteiger charge is 2.13. The largest absolute Gasteiger partial charge is 0.495 e. The first-order chi connectivity index (χ1) is 10.1. The lowest BCUT2D eigenvalue weighted by Crippen LogP contribution is -2.19. The van der Waals surface area contributed by atoms with Gasteiger partial charge in [-0.25, -0.2) is 14.5 Å². The van der Waals surface area contributed by atoms with E-state index < -0.39 is 5.97 Å². The monoisotopic (exact) mass is 290 g/mol. The second-order valence-corrected chi connectivity index (χ2v) is 4.01. The van der Waals surface area contributed by atoms with Crippen LogP contribution in [0.2, 0.25) is 0 Å². The van der Waals surface area contributed by atoms with E-state index in [1.54, 1.807) is 24.3 Å². The van der Waals surface area contributed by atoms with E-state index in [-0.39, 0.29) is 18.3 Å². The fourth-order valence-corrected chi connectivity index (χ4v) is 1.64. The van der Waals surface area contributed by atoms with E-state index in [1.165, 1.54) is 25.2 Å². The molecule has 0 radical (unpaired) electrons. The van der Waals surface area contributed by atoms with Crippen LogP contribution < -0.4 is 10.1 Å². The highest BCUT2D eigenvalue weighted by Crippen LogP contribution is 2.22. The molecule has 0 spiro atoms. The molecule has 2 rings (SSSR count). The number of rotatable bonds is 5. The zero-order chi connectivity index (χ0) is 15.2. The van der Waals surface area contributed by atoms with Gasteiger partial charge in [-0.05, 0) is 12.1 Å². The molecule has 0 bridgehead atoms. The van der Waals surface area contributed by atoms with E-state index in [9.17, 15) is 9.59 Å². The lowest BCUT2D eigenvalue weighted by molar-refractivity contribution is -0.116. The maximum Gasteiger partial charge on any atom is 0.377 e. The van der Waals surface area contributed by atoms with Crippen molar-refractivity contribution in [3.05, 3.63) is 36.4 Å². The average Bonchev–Trinajstić information content (AvgIpc) is 2.95. The normalized spacial score (nSPS) is 10.0. The smallest absolute Gasteiger partial charge is 0.377 e. The summed E-state index contributed by atoms with van der Waals surface area (Å²) >= 11 is 0. The van der Waals surface area contributed by atoms with Crippen molar-refractivity contribution in [2.24, 2.45) is 0 Å². The van der Waals surface area contributed by atoms with Crippen LogP contribution in [0.15, 0.2) is 30.6 Å². The molecule has 1 aromatic carbocycles. The van der Waals surface area contributed by atoms with Crippen LogP contribution in [0.1, 0.15) is 10.6 Å². The summed E-state index contributed by atoms with van der Waals surface area (Å²) in [5.74, 6) is -0.512. The van der Waals surface area contributed by atoms with Crippen molar-refractivity contribution in [1.82, 2.24) is 14.8 Å². The molecular formula is C13H14N4O4. The van der Waals surface area contributed by atoms with E-state index in [0.29, 0.717) is 11.4 Å². The highest BCUT2D eigenvalue weighted by atomic mass is 16.5. The summed E-state index contributed by atoms with van der Waals surface area (Å²) in [6, 6.07) is 7.04. The van der Waals surface area contributed by atoms with Crippen molar-refractivity contribution < 1.29 is 19.1 Å². The number of para-hydroxylation sites is 2. The fourth-order valence-electron chi connectivity index (χ4n) is 1.64. The number of esters is 1. The van der Waals surface area contributed by atoms with Crippen molar-refractivity contribution in [3.63, 3.8) is 0 Å². The molecule has 0 aliphatic rings. The van der Waals surface area contributed by atoms with Gasteiger partial charge in [0.25, 0.3) is 5.82 Å². The Hall–Kier alpha value is -2.90. The van der Waals surface area contributed by atoms with Gasteiger partial charge in [0.05, 0.1) is 19.9 Å². The number of aromatic nitrogens is 3. The topological polar surface area (TPSA) is 95.3 Å². The third-order valence-corrected chi connectivity index (χ3v) is 2.59. The molecule has 0 unspecified atom stereocenters. The lowest BCUT2D eigenvalue weighted by Gasteiger charge is -2.09. The summed E-state index contributed by atoms with van der Waals surface area (Å²) in [5, 5.41) is 6.54. The number of methoxy groups -OCH3 is 2. The van der Waals surface area contributed by atoms with Gasteiger partial charge in [0.2, 0.25) is 5.91 Å². The van der Waals surface area contributed by atoms with Crippen LogP contribution in [0, 0.1) is 0 Å². The van der Waals surface area contributed by atoms with Crippen LogP contribution in [-0.2, 0) is 16.1 Å². The second kappa shape index (κ2) is 6.51. The Balaban J connectivity index is 2.01. The predicted molar refractivity (Wildman–Crippen MR) is 73.0 cm³/mol. The summed E-state index contributed by atoms with van der Waals surface area (Å²) in [6.45, 7) is -0.0813. The van der Waals surface area contributed by atoms with Crippen LogP contribution in [-0.4, -0.2) is 40.9 Å². The van der Waals surface area contributed by atoms with Gasteiger partial charge in [-0.15, -0.1) is 5.10 Å². The van der Waals surface area contributed by atoms with Crippen molar-refractivity contribution in [2.45, 2.75) is 6.54 Å². The average molecular weight is 290 g/mol. The third-order valence-electron chi connectivity index (χ3n) is 2.59. The summed E-state index contributed by atoms with van der Waals surface area (Å²) in [6.07, 6.45) is 1.29. The maximum absolute atomic E-state index is 11.9. The number of amides is 1. The molecule has 0 aliphatic heterocycles. The van der Waals surface area contributed by atoms with Crippen molar-refractivity contribution >= 4 is 17.6 Å². The minimum absolute atomic E-state index is 0.0813. The summed E-state index contributed by atoms with van der Waals surface area (Å²) in [7, 11) is 2.75. The Kier molecular flexibility index (Phi) is 4.50. The first-order valence-corrected chi connectivity index (χ1v) is 6.04. The molecular weight excluding hydrogens is 276 g/mol. The van der Waals surface area contributed by atoms with Gasteiger partial charge in [-0.2, -0.15) is 0 Å². The number of carbonyl (C=O) groups excluding carboxylic acids is 2. The van der Waals surface area contributed by atoms with Gasteiger partial charge in [-0.1, -0.05) is 12.1 Å². The zero-order valence-corrected chi connectivity index (χ0v) is 11.6. The standard InChI is InChI=1S/C13H14N4O4/c1-20-10-6-4-3-5-9(10)15-11(18)7-17-8-14-12(16-17)13(19)21-2/h3-6,8H,7H2,1-2H3,(H,15,18). The quantitative estimate of drug-likeness (QED) is 0.815. The number of carbonyl (C=O) groups is 2. The van der Waals surface area contributed by atoms with E-state index in [2.05, 4.69) is 20.1 Å². The Labute approximate surface area is 120 Å². The van der Waals surface area contributed by atoms with E-state index in [0.717, 1.165) is 0 Å². The second-order valence-electron chi connectivity index (χ2n) is 4.01. The molecule has 1 N–H and O–H groups in total. The number of benzene rings is 1. The predicted octanol–water partition coefficient (Wildman–Crippen LogP) is 0.712. The van der Waals surface area contributed by atoms with E-state index >= 15 is 0 Å². The van der Waals surface area contributed by atoms with Crippen LogP contribution in [0.25, 0.3) is 0 Å². The van der Waals surface area contributed by atoms with Gasteiger partial charge >= 0.3 is 5.97 Å². The maximum atomic E-state index is 11.9. The molecule has 0 saturated carbocycles. The molecule has 1 aromatic heterocycles. The summed E-state index contributed by atoms with van der Waals surface area (Å²) in [4.78, 5) is 26.9. The number of nitrogens with one attached hydrogen (secondary N) is 1. The number of nitrogens with zero attached hydrogens (tertiary/aromatic N) is 3. The number of hydrogen-bond donors (Lipinski definition) is 1. The molecule has 110 valence electrons. The zero-order valence-electron chi connectivity index (χ0n) is 11.6. The Morgan fingerprint density at radius 2 is 2.05 bits per heavy atom. The van der Waals surface area contributed by atoms with Gasteiger partial charge in [0.1, 0.15) is 18.6 Å². The summed E-state index contributed by atoms with van der Waals surface area (Å²) < 4.78 is 10.9. The molecule has 21 heavy (non-hydrogen) atoms. The van der Waals surface area contributed by atoms with Gasteiger partial charge in [0, 0.05) is 0 Å². The molecule has 0 fully saturated rings. The van der Waals surface area contributed by atoms with Gasteiger partial charge in [0.15, 0.2) is 0 Å². The van der Waals surface area contributed by atoms with E-state index in [4.69, 9.17) is 4.74 Å². The first-order valence-electron chi connectivity index (χ1n) is 6.04. The third kappa shape index (κ3) is 3.56. The van der Waals surface area contributed by atoms with Crippen LogP contribution in [0.4, 0.5) is 5.69 Å². The molecule has 1 heterocycles. The molecule has 0 saturated heterocycles. The van der Waals surface area contributed by atoms with Crippen LogP contribution >= 0.6 is 0 Å². The fraction of sp³-hybridized carbons (Fsp3) is 0.231. The van der Waals surface area contributed by atoms with Crippen molar-refractivity contribution in [2.75, 3.05) is 19.5 Å². The Bertz CT molecular complexity index is 653. The number of hydrogen-bond acceptors (Lipinski definition) is 6. The van der Waals surface area contributed by atoms with Crippen LogP contribution in [0.3, 0.4) is 0 Å². The summed E-state index contributed by atoms with van der Waals surface area (Å²) in [5.41, 5.74) is 0.554. The van der Waals surface area contributed by atoms with Crippen LogP contribution in [0.5, 0.6) is 5.75 Å². The minimum atomic E-state index is -0.654. The Morgan fingerprint density at radius 3 is 2.76 bits per heavy atom. The molecule has 8 nitrogen and oxygen atoms in total. The molecule has 1 amide bonds.